The SMILES string of the molecule is O=C(Cc1csc(N2CCCC2=O)n1)Nc1cccc(NC(=O)c2cccs2)c1. The first-order chi connectivity index (χ1) is 14.1. The van der Waals surface area contributed by atoms with Crippen LogP contribution in [0.5, 0.6) is 0 Å². The maximum atomic E-state index is 12.4. The van der Waals surface area contributed by atoms with Crippen molar-refractivity contribution in [3.8, 4) is 0 Å². The van der Waals surface area contributed by atoms with Crippen LogP contribution >= 0.6 is 22.7 Å². The van der Waals surface area contributed by atoms with Crippen LogP contribution in [0.25, 0.3) is 0 Å². The Balaban J connectivity index is 1.36. The van der Waals surface area contributed by atoms with Crippen LogP contribution < -0.4 is 15.5 Å². The van der Waals surface area contributed by atoms with Crippen LogP contribution in [0.1, 0.15) is 28.2 Å². The van der Waals surface area contributed by atoms with Gasteiger partial charge in [0, 0.05) is 29.7 Å². The molecule has 2 aromatic heterocycles. The number of thiophene rings is 1. The van der Waals surface area contributed by atoms with Gasteiger partial charge in [-0.15, -0.1) is 22.7 Å². The predicted octanol–water partition coefficient (Wildman–Crippen LogP) is 3.76. The lowest BCUT2D eigenvalue weighted by molar-refractivity contribution is -0.117. The van der Waals surface area contributed by atoms with E-state index in [9.17, 15) is 14.4 Å². The number of hydrogen-bond acceptors (Lipinski definition) is 6. The molecule has 0 atom stereocenters. The number of carbonyl (C=O) groups excluding carboxylic acids is 3. The molecule has 2 N–H and O–H groups in total. The number of anilines is 3. The number of hydrogen-bond donors (Lipinski definition) is 2. The van der Waals surface area contributed by atoms with Crippen LogP contribution in [0, 0.1) is 0 Å². The Morgan fingerprint density at radius 1 is 1.10 bits per heavy atom. The molecule has 7 nitrogen and oxygen atoms in total. The predicted molar refractivity (Wildman–Crippen MR) is 115 cm³/mol. The molecule has 29 heavy (non-hydrogen) atoms. The summed E-state index contributed by atoms with van der Waals surface area (Å²) in [6.45, 7) is 0.683. The standard InChI is InChI=1S/C20H18N4O3S2/c25-17(11-15-12-29-20(23-15)24-8-2-7-18(24)26)21-13-4-1-5-14(10-13)22-19(27)16-6-3-9-28-16/h1,3-6,9-10,12H,2,7-8,11H2,(H,21,25)(H,22,27). The molecule has 0 bridgehead atoms. The molecule has 148 valence electrons. The monoisotopic (exact) mass is 426 g/mol. The van der Waals surface area contributed by atoms with Gasteiger partial charge in [0.2, 0.25) is 11.8 Å². The van der Waals surface area contributed by atoms with Gasteiger partial charge in [0.15, 0.2) is 5.13 Å². The maximum Gasteiger partial charge on any atom is 0.265 e. The minimum atomic E-state index is -0.212. The fourth-order valence-electron chi connectivity index (χ4n) is 3.00. The summed E-state index contributed by atoms with van der Waals surface area (Å²) in [4.78, 5) is 43.1. The molecule has 0 unspecified atom stereocenters. The van der Waals surface area contributed by atoms with E-state index in [2.05, 4.69) is 15.6 Å². The summed E-state index contributed by atoms with van der Waals surface area (Å²) in [5, 5.41) is 9.93. The average Bonchev–Trinajstić information content (AvgIpc) is 3.43. The third-order valence-corrected chi connectivity index (χ3v) is 6.12. The summed E-state index contributed by atoms with van der Waals surface area (Å²) in [6, 6.07) is 10.6. The van der Waals surface area contributed by atoms with E-state index < -0.39 is 0 Å². The Labute approximate surface area is 175 Å². The molecule has 3 heterocycles. The second-order valence-electron chi connectivity index (χ2n) is 6.51. The van der Waals surface area contributed by atoms with Gasteiger partial charge in [-0.05, 0) is 36.1 Å². The van der Waals surface area contributed by atoms with Gasteiger partial charge in [-0.1, -0.05) is 12.1 Å². The van der Waals surface area contributed by atoms with E-state index in [0.29, 0.717) is 40.0 Å². The number of nitrogens with zero attached hydrogens (tertiary/aromatic N) is 2. The quantitative estimate of drug-likeness (QED) is 0.628. The van der Waals surface area contributed by atoms with Gasteiger partial charge < -0.3 is 10.6 Å². The summed E-state index contributed by atoms with van der Waals surface area (Å²) < 4.78 is 0. The second kappa shape index (κ2) is 8.54. The Bertz CT molecular complexity index is 1050. The lowest BCUT2D eigenvalue weighted by Crippen LogP contribution is -2.23. The van der Waals surface area contributed by atoms with E-state index in [1.165, 1.54) is 22.7 Å². The molecule has 1 aliphatic rings. The number of aromatic nitrogens is 1. The largest absolute Gasteiger partial charge is 0.326 e. The molecule has 1 saturated heterocycles. The van der Waals surface area contributed by atoms with Gasteiger partial charge in [-0.2, -0.15) is 0 Å². The van der Waals surface area contributed by atoms with Crippen LogP contribution in [0.4, 0.5) is 16.5 Å². The van der Waals surface area contributed by atoms with Crippen LogP contribution in [0.15, 0.2) is 47.2 Å². The zero-order valence-electron chi connectivity index (χ0n) is 15.4. The molecular weight excluding hydrogens is 408 g/mol. The van der Waals surface area contributed by atoms with E-state index in [-0.39, 0.29) is 24.1 Å². The van der Waals surface area contributed by atoms with Crippen LogP contribution in [-0.4, -0.2) is 29.3 Å². The summed E-state index contributed by atoms with van der Waals surface area (Å²) in [6.07, 6.45) is 1.51. The van der Waals surface area contributed by atoms with E-state index in [0.717, 1.165) is 6.42 Å². The molecule has 1 aromatic carbocycles. The van der Waals surface area contributed by atoms with Crippen molar-refractivity contribution in [2.45, 2.75) is 19.3 Å². The zero-order valence-corrected chi connectivity index (χ0v) is 17.0. The molecule has 3 amide bonds. The first-order valence-electron chi connectivity index (χ1n) is 9.08. The third kappa shape index (κ3) is 4.69. The van der Waals surface area contributed by atoms with Gasteiger partial charge in [0.1, 0.15) is 0 Å². The number of benzene rings is 1. The molecule has 1 aliphatic heterocycles. The Kier molecular flexibility index (Phi) is 5.68. The molecule has 0 aliphatic carbocycles. The van der Waals surface area contributed by atoms with E-state index in [1.54, 1.807) is 40.6 Å². The van der Waals surface area contributed by atoms with Crippen molar-refractivity contribution in [1.82, 2.24) is 4.98 Å². The molecule has 4 rings (SSSR count). The van der Waals surface area contributed by atoms with Crippen molar-refractivity contribution in [3.05, 3.63) is 57.7 Å². The normalized spacial score (nSPS) is 13.5. The van der Waals surface area contributed by atoms with Crippen molar-refractivity contribution in [3.63, 3.8) is 0 Å². The number of thiazole rings is 1. The van der Waals surface area contributed by atoms with Crippen molar-refractivity contribution in [1.29, 1.82) is 0 Å². The summed E-state index contributed by atoms with van der Waals surface area (Å²) in [5.74, 6) is -0.317. The Hall–Kier alpha value is -3.04. The highest BCUT2D eigenvalue weighted by Crippen LogP contribution is 2.25. The fraction of sp³-hybridized carbons (Fsp3) is 0.200. The smallest absolute Gasteiger partial charge is 0.265 e. The summed E-state index contributed by atoms with van der Waals surface area (Å²) in [5.41, 5.74) is 1.82. The molecule has 9 heteroatoms. The average molecular weight is 427 g/mol. The minimum Gasteiger partial charge on any atom is -0.326 e. The lowest BCUT2D eigenvalue weighted by Gasteiger charge is -2.10. The molecular formula is C20H18N4O3S2. The summed E-state index contributed by atoms with van der Waals surface area (Å²) >= 11 is 2.74. The van der Waals surface area contributed by atoms with Gasteiger partial charge in [-0.3, -0.25) is 19.3 Å². The summed E-state index contributed by atoms with van der Waals surface area (Å²) in [7, 11) is 0. The van der Waals surface area contributed by atoms with E-state index in [1.807, 2.05) is 11.4 Å². The number of rotatable bonds is 6. The number of carbonyl (C=O) groups is 3. The molecule has 0 spiro atoms. The highest BCUT2D eigenvalue weighted by Gasteiger charge is 2.24. The highest BCUT2D eigenvalue weighted by atomic mass is 32.1. The van der Waals surface area contributed by atoms with Gasteiger partial charge in [0.05, 0.1) is 17.0 Å². The van der Waals surface area contributed by atoms with Crippen molar-refractivity contribution in [2.75, 3.05) is 22.1 Å². The molecule has 0 saturated carbocycles. The third-order valence-electron chi connectivity index (χ3n) is 4.33. The van der Waals surface area contributed by atoms with Gasteiger partial charge >= 0.3 is 0 Å². The number of amides is 3. The van der Waals surface area contributed by atoms with Gasteiger partial charge in [0.25, 0.3) is 5.91 Å². The lowest BCUT2D eigenvalue weighted by atomic mass is 10.2. The highest BCUT2D eigenvalue weighted by molar-refractivity contribution is 7.14. The van der Waals surface area contributed by atoms with Crippen LogP contribution in [-0.2, 0) is 16.0 Å². The van der Waals surface area contributed by atoms with Crippen LogP contribution in [0.2, 0.25) is 0 Å². The van der Waals surface area contributed by atoms with Gasteiger partial charge in [-0.25, -0.2) is 4.98 Å². The molecule has 0 radical (unpaired) electrons. The minimum absolute atomic E-state index is 0.0803. The van der Waals surface area contributed by atoms with Crippen molar-refractivity contribution >= 4 is 56.9 Å². The maximum absolute atomic E-state index is 12.4. The first kappa shape index (κ1) is 19.3. The molecule has 1 fully saturated rings. The second-order valence-corrected chi connectivity index (χ2v) is 8.29. The Morgan fingerprint density at radius 2 is 1.93 bits per heavy atom. The van der Waals surface area contributed by atoms with Crippen LogP contribution in [0.3, 0.4) is 0 Å². The first-order valence-corrected chi connectivity index (χ1v) is 10.8. The van der Waals surface area contributed by atoms with Crippen molar-refractivity contribution < 1.29 is 14.4 Å². The van der Waals surface area contributed by atoms with E-state index in [4.69, 9.17) is 0 Å². The topological polar surface area (TPSA) is 91.4 Å². The zero-order chi connectivity index (χ0) is 20.2. The Morgan fingerprint density at radius 3 is 2.66 bits per heavy atom. The van der Waals surface area contributed by atoms with E-state index >= 15 is 0 Å². The molecule has 3 aromatic rings. The van der Waals surface area contributed by atoms with Crippen molar-refractivity contribution in [2.24, 2.45) is 0 Å². The number of nitrogens with one attached hydrogen (secondary N) is 2. The fourth-order valence-corrected chi connectivity index (χ4v) is 4.48.